The van der Waals surface area contributed by atoms with Crippen molar-refractivity contribution in [1.29, 1.82) is 0 Å². The quantitative estimate of drug-likeness (QED) is 0.361. The van der Waals surface area contributed by atoms with E-state index in [1.54, 1.807) is 6.07 Å². The summed E-state index contributed by atoms with van der Waals surface area (Å²) in [6.07, 6.45) is -11.6. The zero-order valence-corrected chi connectivity index (χ0v) is 22.4. The van der Waals surface area contributed by atoms with Gasteiger partial charge >= 0.3 is 12.4 Å². The van der Waals surface area contributed by atoms with Gasteiger partial charge < -0.3 is 19.5 Å². The maximum absolute atomic E-state index is 14.2. The van der Waals surface area contributed by atoms with E-state index < -0.39 is 58.4 Å². The number of ether oxygens (including phenoxy) is 1. The molecule has 2 amide bonds. The van der Waals surface area contributed by atoms with Crippen LogP contribution in [-0.4, -0.2) is 57.1 Å². The Hall–Kier alpha value is -3.01. The molecule has 2 aliphatic heterocycles. The lowest BCUT2D eigenvalue weighted by atomic mass is 9.86. The van der Waals surface area contributed by atoms with Crippen molar-refractivity contribution >= 4 is 28.6 Å². The Bertz CT molecular complexity index is 1300. The average molecular weight is 607 g/mol. The second-order valence-corrected chi connectivity index (χ2v) is 10.8. The minimum Gasteiger partial charge on any atom is -0.772 e. The van der Waals surface area contributed by atoms with E-state index >= 15 is 0 Å². The maximum atomic E-state index is 14.2. The molecule has 0 spiro atoms. The molecule has 41 heavy (non-hydrogen) atoms. The molecule has 0 saturated carbocycles. The van der Waals surface area contributed by atoms with E-state index in [-0.39, 0.29) is 44.0 Å². The highest BCUT2D eigenvalue weighted by Crippen LogP contribution is 2.51. The third-order valence-corrected chi connectivity index (χ3v) is 7.74. The van der Waals surface area contributed by atoms with Crippen molar-refractivity contribution in [2.75, 3.05) is 18.5 Å². The van der Waals surface area contributed by atoms with Crippen molar-refractivity contribution in [3.05, 3.63) is 64.7 Å². The summed E-state index contributed by atoms with van der Waals surface area (Å²) in [6, 6.07) is 5.51. The van der Waals surface area contributed by atoms with Gasteiger partial charge in [-0.15, -0.1) is 0 Å². The molecule has 0 radical (unpaired) electrons. The van der Waals surface area contributed by atoms with Crippen LogP contribution in [0.25, 0.3) is 0 Å². The normalized spacial score (nSPS) is 19.1. The number of carbonyl (C=O) groups is 2. The first-order valence-corrected chi connectivity index (χ1v) is 13.7. The van der Waals surface area contributed by atoms with Crippen LogP contribution in [0.2, 0.25) is 0 Å². The van der Waals surface area contributed by atoms with E-state index in [2.05, 4.69) is 5.32 Å². The lowest BCUT2D eigenvalue weighted by Crippen LogP contribution is -2.66. The highest BCUT2D eigenvalue weighted by atomic mass is 32.2. The Morgan fingerprint density at radius 1 is 1.02 bits per heavy atom. The van der Waals surface area contributed by atoms with Gasteiger partial charge in [0.15, 0.2) is 0 Å². The van der Waals surface area contributed by atoms with Gasteiger partial charge in [-0.3, -0.25) is 19.1 Å². The molecule has 1 fully saturated rings. The molecule has 0 bridgehead atoms. The van der Waals surface area contributed by atoms with E-state index in [4.69, 9.17) is 4.74 Å². The third kappa shape index (κ3) is 6.27. The Balaban J connectivity index is 1.62. The predicted molar refractivity (Wildman–Crippen MR) is 134 cm³/mol. The number of hydrogen-bond donors (Lipinski definition) is 2. The van der Waals surface area contributed by atoms with E-state index in [0.717, 1.165) is 12.1 Å². The van der Waals surface area contributed by atoms with Crippen molar-refractivity contribution in [1.82, 2.24) is 10.2 Å². The molecule has 1 saturated heterocycles. The molecule has 15 heteroatoms. The summed E-state index contributed by atoms with van der Waals surface area (Å²) >= 11 is -2.36. The van der Waals surface area contributed by atoms with Gasteiger partial charge in [0.2, 0.25) is 11.4 Å². The number of anilines is 1. The van der Waals surface area contributed by atoms with Gasteiger partial charge in [0, 0.05) is 44.2 Å². The molecule has 2 atom stereocenters. The van der Waals surface area contributed by atoms with Crippen LogP contribution in [0, 0.1) is 0 Å². The van der Waals surface area contributed by atoms with Crippen LogP contribution in [0.5, 0.6) is 0 Å². The van der Waals surface area contributed by atoms with E-state index in [0.29, 0.717) is 28.8 Å². The summed E-state index contributed by atoms with van der Waals surface area (Å²) in [5, 5.41) is 4.28. The molecule has 0 aromatic heterocycles. The number of hydrogen-bond acceptors (Lipinski definition) is 6. The number of benzene rings is 2. The standard InChI is InChI=1S/C26H27F6N3O5S/c1-15(36)35-13-17-12-16(14-41(38)39)2-7-21(17)22(35)23(37)33-19-5-3-18(4-6-19)24(25(27,28)29,26(30,31)32)34-20-8-10-40-11-9-20/h2-7,12,20,22,34H,8-11,13-14H2,1H3,(H,33,37)(H,38,39)/p-1. The summed E-state index contributed by atoms with van der Waals surface area (Å²) in [4.78, 5) is 26.7. The van der Waals surface area contributed by atoms with Crippen LogP contribution >= 0.6 is 0 Å². The molecule has 2 aromatic carbocycles. The topological polar surface area (TPSA) is 111 Å². The fraction of sp³-hybridized carbons (Fsp3) is 0.462. The average Bonchev–Trinajstić information content (AvgIpc) is 3.26. The smallest absolute Gasteiger partial charge is 0.419 e. The molecule has 2 aliphatic rings. The van der Waals surface area contributed by atoms with Gasteiger partial charge in [-0.2, -0.15) is 26.3 Å². The number of fused-ring (bicyclic) bond motifs is 1. The Labute approximate surface area is 233 Å². The summed E-state index contributed by atoms with van der Waals surface area (Å²) in [7, 11) is 0. The number of nitrogens with zero attached hydrogens (tertiary/aromatic N) is 1. The van der Waals surface area contributed by atoms with Gasteiger partial charge in [-0.1, -0.05) is 41.4 Å². The Kier molecular flexibility index (Phi) is 8.83. The van der Waals surface area contributed by atoms with Crippen molar-refractivity contribution in [2.45, 2.75) is 62.0 Å². The molecule has 2 unspecified atom stereocenters. The van der Waals surface area contributed by atoms with Crippen LogP contribution in [0.3, 0.4) is 0 Å². The molecule has 8 nitrogen and oxygen atoms in total. The van der Waals surface area contributed by atoms with Crippen LogP contribution in [0.1, 0.15) is 48.1 Å². The van der Waals surface area contributed by atoms with Crippen LogP contribution in [-0.2, 0) is 43.2 Å². The van der Waals surface area contributed by atoms with Crippen molar-refractivity contribution in [3.63, 3.8) is 0 Å². The summed E-state index contributed by atoms with van der Waals surface area (Å²) < 4.78 is 113. The van der Waals surface area contributed by atoms with Crippen LogP contribution in [0.15, 0.2) is 42.5 Å². The monoisotopic (exact) mass is 606 g/mol. The minimum atomic E-state index is -5.75. The highest BCUT2D eigenvalue weighted by Gasteiger charge is 2.72. The van der Waals surface area contributed by atoms with Crippen LogP contribution in [0.4, 0.5) is 32.0 Å². The number of amides is 2. The first-order chi connectivity index (χ1) is 19.1. The fourth-order valence-corrected chi connectivity index (χ4v) is 5.66. The van der Waals surface area contributed by atoms with E-state index in [1.807, 2.05) is 5.32 Å². The molecule has 2 aromatic rings. The SMILES string of the molecule is CC(=O)N1Cc2cc(CS(=O)[O-])ccc2C1C(=O)Nc1ccc(C(NC2CCOCC2)(C(F)(F)F)C(F)(F)F)cc1. The largest absolute Gasteiger partial charge is 0.772 e. The molecule has 0 aliphatic carbocycles. The Morgan fingerprint density at radius 2 is 1.63 bits per heavy atom. The zero-order valence-electron chi connectivity index (χ0n) is 21.6. The lowest BCUT2D eigenvalue weighted by Gasteiger charge is -2.42. The van der Waals surface area contributed by atoms with E-state index in [9.17, 15) is 44.7 Å². The van der Waals surface area contributed by atoms with Crippen molar-refractivity contribution in [2.24, 2.45) is 0 Å². The summed E-state index contributed by atoms with van der Waals surface area (Å²) in [5.41, 5.74) is -4.13. The van der Waals surface area contributed by atoms with Crippen molar-refractivity contribution < 1.29 is 49.4 Å². The van der Waals surface area contributed by atoms with Gasteiger partial charge in [0.1, 0.15) is 6.04 Å². The summed E-state index contributed by atoms with van der Waals surface area (Å²) in [6.45, 7) is 1.29. The molecule has 2 heterocycles. The van der Waals surface area contributed by atoms with Gasteiger partial charge in [-0.05, 0) is 47.2 Å². The molecule has 4 rings (SSSR count). The molecule has 224 valence electrons. The number of halogens is 6. The van der Waals surface area contributed by atoms with Crippen LogP contribution < -0.4 is 10.6 Å². The first-order valence-electron chi connectivity index (χ1n) is 12.5. The second kappa shape index (κ2) is 11.7. The molecular weight excluding hydrogens is 580 g/mol. The molecular formula is C26H26F6N3O5S-. The highest BCUT2D eigenvalue weighted by molar-refractivity contribution is 7.78. The maximum Gasteiger partial charge on any atom is 0.419 e. The number of nitrogens with one attached hydrogen (secondary N) is 2. The number of alkyl halides is 6. The minimum absolute atomic E-state index is 0.0125. The number of carbonyl (C=O) groups excluding carboxylic acids is 2. The fourth-order valence-electron chi connectivity index (χ4n) is 5.20. The zero-order chi connectivity index (χ0) is 30.2. The van der Waals surface area contributed by atoms with Gasteiger partial charge in [-0.25, -0.2) is 0 Å². The third-order valence-electron chi connectivity index (χ3n) is 7.17. The van der Waals surface area contributed by atoms with E-state index in [1.165, 1.54) is 24.0 Å². The first kappa shape index (κ1) is 30.9. The molecule has 2 N–H and O–H groups in total. The number of rotatable bonds is 7. The van der Waals surface area contributed by atoms with Gasteiger partial charge in [0.05, 0.1) is 0 Å². The summed E-state index contributed by atoms with van der Waals surface area (Å²) in [5.74, 6) is -1.48. The van der Waals surface area contributed by atoms with Crippen molar-refractivity contribution in [3.8, 4) is 0 Å². The lowest BCUT2D eigenvalue weighted by molar-refractivity contribution is -0.317. The predicted octanol–water partition coefficient (Wildman–Crippen LogP) is 4.20. The Morgan fingerprint density at radius 3 is 2.17 bits per heavy atom. The van der Waals surface area contributed by atoms with Gasteiger partial charge in [0.25, 0.3) is 5.91 Å². The second-order valence-electron chi connectivity index (χ2n) is 9.87.